The van der Waals surface area contributed by atoms with E-state index >= 15 is 13.3 Å². The van der Waals surface area contributed by atoms with Gasteiger partial charge < -0.3 is 45.5 Å². The highest BCUT2D eigenvalue weighted by molar-refractivity contribution is 8.54. The van der Waals surface area contributed by atoms with Crippen LogP contribution in [0.2, 0.25) is 0 Å². The van der Waals surface area contributed by atoms with E-state index < -0.39 is 82.6 Å². The van der Waals surface area contributed by atoms with Crippen LogP contribution in [-0.4, -0.2) is 136 Å². The number of ether oxygens (including phenoxy) is 2. The molecule has 3 saturated heterocycles. The number of hydrogen-bond acceptors (Lipinski definition) is 22. The summed E-state index contributed by atoms with van der Waals surface area (Å²) in [7, 11) is -3.12. The minimum absolute atomic E-state index is 0.00794. The van der Waals surface area contributed by atoms with Crippen molar-refractivity contribution in [1.29, 1.82) is 0 Å². The van der Waals surface area contributed by atoms with Crippen molar-refractivity contribution in [2.24, 2.45) is 0 Å². The molecule has 3 aromatic carbocycles. The lowest BCUT2D eigenvalue weighted by Gasteiger charge is -2.30. The Bertz CT molecular complexity index is 3960. The van der Waals surface area contributed by atoms with Gasteiger partial charge in [0, 0.05) is 42.0 Å². The molecule has 5 aromatic heterocycles. The highest BCUT2D eigenvalue weighted by Gasteiger charge is 2.55. The Balaban J connectivity index is 0.673. The van der Waals surface area contributed by atoms with Crippen LogP contribution in [0.1, 0.15) is 62.6 Å². The van der Waals surface area contributed by atoms with Gasteiger partial charge in [0.2, 0.25) is 17.7 Å². The van der Waals surface area contributed by atoms with Crippen molar-refractivity contribution < 1.29 is 59.9 Å². The number of aryl methyl sites for hydroxylation is 1. The second-order valence-electron chi connectivity index (χ2n) is 20.8. The van der Waals surface area contributed by atoms with Crippen LogP contribution >= 0.6 is 25.7 Å². The number of nitrogen functional groups attached to an aromatic ring is 2. The van der Waals surface area contributed by atoms with Gasteiger partial charge in [-0.2, -0.15) is 0 Å². The Kier molecular flexibility index (Phi) is 16.8. The van der Waals surface area contributed by atoms with E-state index in [1.54, 1.807) is 29.2 Å². The molecule has 33 heteroatoms. The fraction of sp³-hybridized carbons (Fsp3) is 0.377. The van der Waals surface area contributed by atoms with Crippen LogP contribution in [0.25, 0.3) is 44.8 Å². The van der Waals surface area contributed by atoms with Crippen LogP contribution in [0.5, 0.6) is 0 Å². The van der Waals surface area contributed by atoms with Crippen LogP contribution in [0.15, 0.2) is 98.1 Å². The molecule has 4 aliphatic heterocycles. The molecular formula is C53H57BF2N16O11P2S. The van der Waals surface area contributed by atoms with E-state index in [9.17, 15) is 18.9 Å². The number of fused-ring (bicyclic) bond motifs is 9. The number of carbonyl (C=O) groups excluding carboxylic acids is 3. The predicted octanol–water partition coefficient (Wildman–Crippen LogP) is 6.40. The number of para-hydroxylation sites is 1. The third kappa shape index (κ3) is 12.0. The first kappa shape index (κ1) is 58.8. The first-order valence-corrected chi connectivity index (χ1v) is 32.7. The van der Waals surface area contributed by atoms with Gasteiger partial charge >= 0.3 is 6.80 Å². The quantitative estimate of drug-likeness (QED) is 0.0490. The molecule has 0 saturated carbocycles. The van der Waals surface area contributed by atoms with Gasteiger partial charge in [-0.3, -0.25) is 37.1 Å². The van der Waals surface area contributed by atoms with Crippen LogP contribution in [-0.2, 0) is 69.9 Å². The van der Waals surface area contributed by atoms with E-state index in [4.69, 9.17) is 39.0 Å². The van der Waals surface area contributed by atoms with Gasteiger partial charge in [-0.1, -0.05) is 73.2 Å². The summed E-state index contributed by atoms with van der Waals surface area (Å²) in [5, 5.41) is 14.6. The van der Waals surface area contributed by atoms with Gasteiger partial charge in [-0.15, -0.1) is 5.10 Å². The summed E-state index contributed by atoms with van der Waals surface area (Å²) >= 11 is 0.686. The molecule has 8 aromatic rings. The Morgan fingerprint density at radius 3 is 2.06 bits per heavy atom. The number of nitrogens with two attached hydrogens (primary N) is 2. The van der Waals surface area contributed by atoms with Crippen LogP contribution in [0.3, 0.4) is 0 Å². The first-order valence-electron chi connectivity index (χ1n) is 27.6. The molecule has 3 fully saturated rings. The zero-order valence-electron chi connectivity index (χ0n) is 46.2. The van der Waals surface area contributed by atoms with Crippen molar-refractivity contribution in [3.8, 4) is 22.5 Å². The molecule has 6 N–H and O–H groups in total. The number of hydrogen-bond donors (Lipinski definition) is 4. The van der Waals surface area contributed by atoms with Crippen molar-refractivity contribution >= 4 is 96.3 Å². The highest BCUT2D eigenvalue weighted by Crippen LogP contribution is 2.65. The molecule has 12 rings (SSSR count). The fourth-order valence-corrected chi connectivity index (χ4v) is 15.3. The molecule has 0 unspecified atom stereocenters. The Morgan fingerprint density at radius 1 is 0.756 bits per heavy atom. The number of amides is 3. The van der Waals surface area contributed by atoms with Gasteiger partial charge in [0.1, 0.15) is 53.8 Å². The number of rotatable bonds is 15. The minimum atomic E-state index is -4.57. The second kappa shape index (κ2) is 24.6. The SMILES string of the molecule is B[P@]1(=O)OC[C@H]2O[C@@H](n3cnc4c(N)ncnc43)[C@H](F)[C@@H]2O[P@](=O)(SCc2ccc(NC(=O)CNC(=O)CCCCCn3nnc4c3-c3ccccc3CN(C(=O)CC)c3ccccc3-4)cc2)OC[C@H]2O[C@@H](n3cnc4c(N)ncnc43)[C@H](F)[C@@H]2O1. The van der Waals surface area contributed by atoms with E-state index in [0.717, 1.165) is 35.6 Å². The number of unbranched alkanes of at least 4 members (excludes halogenated alkanes) is 2. The van der Waals surface area contributed by atoms with Crippen molar-refractivity contribution in [2.45, 2.75) is 107 Å². The molecule has 86 heavy (non-hydrogen) atoms. The molecule has 0 spiro atoms. The van der Waals surface area contributed by atoms with Crippen molar-refractivity contribution in [2.75, 3.05) is 41.4 Å². The fourth-order valence-electron chi connectivity index (χ4n) is 10.8. The summed E-state index contributed by atoms with van der Waals surface area (Å²) in [5.41, 5.74) is 18.6. The van der Waals surface area contributed by atoms with Crippen LogP contribution < -0.4 is 27.0 Å². The second-order valence-corrected chi connectivity index (χ2v) is 26.8. The maximum absolute atomic E-state index is 17.0. The van der Waals surface area contributed by atoms with E-state index in [0.29, 0.717) is 67.1 Å². The monoisotopic (exact) mass is 1240 g/mol. The number of imidazole rings is 2. The van der Waals surface area contributed by atoms with Gasteiger partial charge in [0.25, 0.3) is 15.0 Å². The highest BCUT2D eigenvalue weighted by atomic mass is 32.7. The molecule has 3 amide bonds. The number of alkyl halides is 2. The maximum Gasteiger partial charge on any atom is 0.389 e. The lowest BCUT2D eigenvalue weighted by molar-refractivity contribution is -0.124. The number of aromatic nitrogens is 11. The van der Waals surface area contributed by atoms with Gasteiger partial charge in [0.05, 0.1) is 50.3 Å². The summed E-state index contributed by atoms with van der Waals surface area (Å²) in [6.07, 6.45) is -6.01. The Morgan fingerprint density at radius 2 is 1.38 bits per heavy atom. The standard InChI is InChI=1S/C53H57BF2N16O11P2S/c1-2-39(75)69-21-30-10-5-6-11-32(30)45-42(33-12-7-8-13-34(33)69)67-68-72(45)19-9-3-4-14-37(73)59-20-38(74)66-31-17-15-29(16-18-31)24-86-85(77)79-23-36-46(40(55)52(81-36)70-27-64-43-48(57)60-25-62-50(43)70)82-84(54,76)78-22-35-47(83-85)41(56)53(80-35)71-28-65-44-49(58)61-26-63-51(44)71/h5-8,10-13,15-18,25-28,35-36,40-41,46-47,52-53H,2-4,9,14,19-24,54H2,1H3,(H,59,73)(H,66,74)(H2,57,60,62)(H2,58,61,63)/t35-,36-,40-,41-,46-,47-,52-,53-,84+,85-/m1/s1. The topological polar surface area (TPSA) is 338 Å². The third-order valence-corrected chi connectivity index (χ3v) is 19.9. The van der Waals surface area contributed by atoms with Crippen LogP contribution in [0, 0.1) is 0 Å². The zero-order chi connectivity index (χ0) is 59.9. The molecule has 10 atom stereocenters. The molecular weight excluding hydrogens is 1180 g/mol. The lowest BCUT2D eigenvalue weighted by atomic mass is 9.95. The molecule has 9 heterocycles. The summed E-state index contributed by atoms with van der Waals surface area (Å²) < 4.78 is 103. The van der Waals surface area contributed by atoms with Gasteiger partial charge in [-0.05, 0) is 53.5 Å². The average molecular weight is 1240 g/mol. The summed E-state index contributed by atoms with van der Waals surface area (Å²) in [6.45, 7) is -3.38. The largest absolute Gasteiger partial charge is 0.389 e. The number of anilines is 4. The van der Waals surface area contributed by atoms with E-state index in [1.165, 1.54) is 34.4 Å². The predicted molar refractivity (Wildman–Crippen MR) is 313 cm³/mol. The number of nitrogens with zero attached hydrogens (tertiary/aromatic N) is 12. The van der Waals surface area contributed by atoms with Gasteiger partial charge in [0.15, 0.2) is 47.7 Å². The molecule has 27 nitrogen and oxygen atoms in total. The maximum atomic E-state index is 17.0. The van der Waals surface area contributed by atoms with Gasteiger partial charge in [-0.25, -0.2) is 47.9 Å². The molecule has 0 aliphatic carbocycles. The average Bonchev–Trinajstić information content (AvgIpc) is 2.46. The van der Waals surface area contributed by atoms with Crippen molar-refractivity contribution in [1.82, 2.24) is 59.3 Å². The summed E-state index contributed by atoms with van der Waals surface area (Å²) in [4.78, 5) is 65.6. The number of nitrogens with one attached hydrogen (secondary N) is 2. The molecule has 4 aliphatic rings. The lowest BCUT2D eigenvalue weighted by Crippen LogP contribution is -2.37. The van der Waals surface area contributed by atoms with Crippen molar-refractivity contribution in [3.63, 3.8) is 0 Å². The van der Waals surface area contributed by atoms with E-state index in [2.05, 4.69) is 50.8 Å². The normalized spacial score (nSPS) is 25.6. The van der Waals surface area contributed by atoms with Crippen molar-refractivity contribution in [3.05, 3.63) is 109 Å². The van der Waals surface area contributed by atoms with E-state index in [1.807, 2.05) is 60.1 Å². The Hall–Kier alpha value is -7.60. The summed E-state index contributed by atoms with van der Waals surface area (Å²) in [5.74, 6) is -0.769. The molecule has 0 bridgehead atoms. The van der Waals surface area contributed by atoms with Crippen LogP contribution in [0.4, 0.5) is 31.8 Å². The molecule has 448 valence electrons. The third-order valence-electron chi connectivity index (χ3n) is 15.0. The molecule has 0 radical (unpaired) electrons. The first-order chi connectivity index (χ1) is 41.5. The van der Waals surface area contributed by atoms with E-state index in [-0.39, 0.29) is 64.5 Å². The minimum Gasteiger partial charge on any atom is -0.382 e. The number of benzene rings is 3. The smallest absolute Gasteiger partial charge is 0.382 e. The Labute approximate surface area is 493 Å². The summed E-state index contributed by atoms with van der Waals surface area (Å²) in [6, 6.07) is 22.2. The number of halogens is 2. The zero-order valence-corrected chi connectivity index (χ0v) is 48.8. The number of carbonyl (C=O) groups is 3.